The number of rotatable bonds is 7. The number of carbonyl (C=O) groups excluding carboxylic acids is 2. The molecule has 0 unspecified atom stereocenters. The van der Waals surface area contributed by atoms with Crippen molar-refractivity contribution < 1.29 is 18.7 Å². The molecule has 0 radical (unpaired) electrons. The summed E-state index contributed by atoms with van der Waals surface area (Å²) >= 11 is 1.43. The Morgan fingerprint density at radius 2 is 1.88 bits per heavy atom. The van der Waals surface area contributed by atoms with Crippen molar-refractivity contribution in [2.24, 2.45) is 0 Å². The molecular weight excluding hydrogens is 329 g/mol. The van der Waals surface area contributed by atoms with Gasteiger partial charge in [-0.1, -0.05) is 24.3 Å². The van der Waals surface area contributed by atoms with Crippen LogP contribution in [0.25, 0.3) is 0 Å². The third kappa shape index (κ3) is 5.70. The van der Waals surface area contributed by atoms with Crippen LogP contribution in [0.3, 0.4) is 0 Å². The number of amides is 1. The fourth-order valence-corrected chi connectivity index (χ4v) is 2.82. The summed E-state index contributed by atoms with van der Waals surface area (Å²) in [6.07, 6.45) is 0. The minimum atomic E-state index is -0.390. The van der Waals surface area contributed by atoms with Crippen molar-refractivity contribution in [2.75, 3.05) is 12.9 Å². The van der Waals surface area contributed by atoms with Crippen molar-refractivity contribution in [3.05, 3.63) is 71.0 Å². The van der Waals surface area contributed by atoms with E-state index in [0.717, 1.165) is 11.1 Å². The molecule has 1 N–H and O–H groups in total. The van der Waals surface area contributed by atoms with Gasteiger partial charge in [0.15, 0.2) is 0 Å². The molecule has 0 atom stereocenters. The molecule has 2 aromatic rings. The molecule has 6 heteroatoms. The minimum absolute atomic E-state index is 0.0894. The zero-order valence-electron chi connectivity index (χ0n) is 13.3. The van der Waals surface area contributed by atoms with Crippen molar-refractivity contribution in [1.82, 2.24) is 5.32 Å². The number of methoxy groups -OCH3 is 1. The smallest absolute Gasteiger partial charge is 0.337 e. The molecule has 0 heterocycles. The van der Waals surface area contributed by atoms with E-state index < -0.39 is 0 Å². The predicted octanol–water partition coefficient (Wildman–Crippen LogP) is 3.16. The molecule has 2 rings (SSSR count). The summed E-state index contributed by atoms with van der Waals surface area (Å²) in [7, 11) is 1.33. The summed E-state index contributed by atoms with van der Waals surface area (Å²) in [6.45, 7) is 0.390. The first kappa shape index (κ1) is 18.0. The van der Waals surface area contributed by atoms with Crippen molar-refractivity contribution >= 4 is 23.6 Å². The zero-order valence-corrected chi connectivity index (χ0v) is 14.1. The van der Waals surface area contributed by atoms with Gasteiger partial charge in [0.05, 0.1) is 18.4 Å². The van der Waals surface area contributed by atoms with Gasteiger partial charge in [-0.25, -0.2) is 9.18 Å². The van der Waals surface area contributed by atoms with Gasteiger partial charge in [-0.2, -0.15) is 0 Å². The number of carbonyl (C=O) groups is 2. The minimum Gasteiger partial charge on any atom is -0.465 e. The Balaban J connectivity index is 1.72. The monoisotopic (exact) mass is 347 g/mol. The van der Waals surface area contributed by atoms with E-state index >= 15 is 0 Å². The van der Waals surface area contributed by atoms with E-state index in [0.29, 0.717) is 23.6 Å². The highest BCUT2D eigenvalue weighted by Crippen LogP contribution is 2.13. The van der Waals surface area contributed by atoms with Crippen molar-refractivity contribution in [2.45, 2.75) is 12.3 Å². The lowest BCUT2D eigenvalue weighted by Gasteiger charge is -2.06. The molecule has 0 fully saturated rings. The number of halogens is 1. The lowest BCUT2D eigenvalue weighted by Crippen LogP contribution is -2.24. The second-order valence-corrected chi connectivity index (χ2v) is 6.07. The summed E-state index contributed by atoms with van der Waals surface area (Å²) < 4.78 is 17.7. The molecule has 1 amide bonds. The highest BCUT2D eigenvalue weighted by atomic mass is 32.2. The van der Waals surface area contributed by atoms with Gasteiger partial charge in [0.25, 0.3) is 0 Å². The Morgan fingerprint density at radius 3 is 2.54 bits per heavy atom. The van der Waals surface area contributed by atoms with Crippen LogP contribution < -0.4 is 5.32 Å². The van der Waals surface area contributed by atoms with Crippen LogP contribution in [-0.2, 0) is 21.8 Å². The Hall–Kier alpha value is -2.34. The quantitative estimate of drug-likeness (QED) is 0.782. The number of thioether (sulfide) groups is 1. The largest absolute Gasteiger partial charge is 0.465 e. The summed E-state index contributed by atoms with van der Waals surface area (Å²) in [6, 6.07) is 13.2. The van der Waals surface area contributed by atoms with Crippen LogP contribution >= 0.6 is 11.8 Å². The molecule has 24 heavy (non-hydrogen) atoms. The number of benzene rings is 2. The van der Waals surface area contributed by atoms with E-state index in [1.54, 1.807) is 30.3 Å². The molecule has 0 aliphatic carbocycles. The van der Waals surface area contributed by atoms with Gasteiger partial charge in [0.1, 0.15) is 5.82 Å². The van der Waals surface area contributed by atoms with Gasteiger partial charge < -0.3 is 10.1 Å². The third-order valence-corrected chi connectivity index (χ3v) is 4.26. The summed E-state index contributed by atoms with van der Waals surface area (Å²) in [5, 5.41) is 2.81. The van der Waals surface area contributed by atoms with Crippen molar-refractivity contribution in [1.29, 1.82) is 0 Å². The first-order chi connectivity index (χ1) is 11.6. The van der Waals surface area contributed by atoms with Gasteiger partial charge in [0.2, 0.25) is 5.91 Å². The second kappa shape index (κ2) is 9.08. The van der Waals surface area contributed by atoms with Crippen LogP contribution in [0.4, 0.5) is 4.39 Å². The molecule has 0 aliphatic heterocycles. The maximum Gasteiger partial charge on any atom is 0.337 e. The molecule has 0 bridgehead atoms. The van der Waals surface area contributed by atoms with E-state index in [1.807, 2.05) is 6.07 Å². The predicted molar refractivity (Wildman–Crippen MR) is 92.2 cm³/mol. The molecule has 0 aromatic heterocycles. The molecule has 0 saturated heterocycles. The van der Waals surface area contributed by atoms with E-state index in [1.165, 1.54) is 31.0 Å². The van der Waals surface area contributed by atoms with Crippen LogP contribution in [-0.4, -0.2) is 24.7 Å². The number of esters is 1. The molecule has 126 valence electrons. The SMILES string of the molecule is COC(=O)c1ccc(CNC(=O)CSCc2cccc(F)c2)cc1. The number of ether oxygens (including phenoxy) is 1. The number of hydrogen-bond acceptors (Lipinski definition) is 4. The average Bonchev–Trinajstić information content (AvgIpc) is 2.60. The number of nitrogens with one attached hydrogen (secondary N) is 1. The first-order valence-electron chi connectivity index (χ1n) is 7.34. The lowest BCUT2D eigenvalue weighted by molar-refractivity contribution is -0.118. The summed E-state index contributed by atoms with van der Waals surface area (Å²) in [5.41, 5.74) is 2.22. The molecule has 4 nitrogen and oxygen atoms in total. The second-order valence-electron chi connectivity index (χ2n) is 5.09. The molecule has 2 aromatic carbocycles. The average molecular weight is 347 g/mol. The van der Waals surface area contributed by atoms with Gasteiger partial charge in [-0.05, 0) is 35.4 Å². The van der Waals surface area contributed by atoms with Crippen LogP contribution in [0, 0.1) is 5.82 Å². The highest BCUT2D eigenvalue weighted by Gasteiger charge is 2.06. The van der Waals surface area contributed by atoms with Gasteiger partial charge in [-0.15, -0.1) is 11.8 Å². The lowest BCUT2D eigenvalue weighted by atomic mass is 10.1. The standard InChI is InChI=1S/C18H18FNO3S/c1-23-18(22)15-7-5-13(6-8-15)10-20-17(21)12-24-11-14-3-2-4-16(19)9-14/h2-9H,10-12H2,1H3,(H,20,21). The van der Waals surface area contributed by atoms with Gasteiger partial charge in [0, 0.05) is 12.3 Å². The Labute approximate surface area is 144 Å². The van der Waals surface area contributed by atoms with Crippen LogP contribution in [0.5, 0.6) is 0 Å². The maximum absolute atomic E-state index is 13.0. The molecule has 0 saturated carbocycles. The van der Waals surface area contributed by atoms with E-state index in [2.05, 4.69) is 10.1 Å². The topological polar surface area (TPSA) is 55.4 Å². The third-order valence-electron chi connectivity index (χ3n) is 3.26. The molecule has 0 spiro atoms. The zero-order chi connectivity index (χ0) is 17.4. The summed E-state index contributed by atoms with van der Waals surface area (Å²) in [5.74, 6) is 0.135. The van der Waals surface area contributed by atoms with E-state index in [-0.39, 0.29) is 17.7 Å². The van der Waals surface area contributed by atoms with Gasteiger partial charge >= 0.3 is 5.97 Å². The van der Waals surface area contributed by atoms with Crippen LogP contribution in [0.15, 0.2) is 48.5 Å². The highest BCUT2D eigenvalue weighted by molar-refractivity contribution is 7.99. The van der Waals surface area contributed by atoms with Crippen LogP contribution in [0.1, 0.15) is 21.5 Å². The fourth-order valence-electron chi connectivity index (χ4n) is 2.02. The van der Waals surface area contributed by atoms with Gasteiger partial charge in [-0.3, -0.25) is 4.79 Å². The maximum atomic E-state index is 13.0. The first-order valence-corrected chi connectivity index (χ1v) is 8.50. The molecular formula is C18H18FNO3S. The summed E-state index contributed by atoms with van der Waals surface area (Å²) in [4.78, 5) is 23.1. The molecule has 0 aliphatic rings. The van der Waals surface area contributed by atoms with Crippen molar-refractivity contribution in [3.8, 4) is 0 Å². The van der Waals surface area contributed by atoms with E-state index in [4.69, 9.17) is 0 Å². The Kier molecular flexibility index (Phi) is 6.81. The Bertz CT molecular complexity index is 704. The Morgan fingerprint density at radius 1 is 1.12 bits per heavy atom. The number of hydrogen-bond donors (Lipinski definition) is 1. The van der Waals surface area contributed by atoms with E-state index in [9.17, 15) is 14.0 Å². The normalized spacial score (nSPS) is 10.2. The van der Waals surface area contributed by atoms with Crippen molar-refractivity contribution in [3.63, 3.8) is 0 Å². The van der Waals surface area contributed by atoms with Crippen LogP contribution in [0.2, 0.25) is 0 Å². The fraction of sp³-hybridized carbons (Fsp3) is 0.222.